The molecular formula is C12H15NO. The maximum atomic E-state index is 9.63. The predicted molar refractivity (Wildman–Crippen MR) is 57.1 cm³/mol. The molecule has 74 valence electrons. The first-order valence-electron chi connectivity index (χ1n) is 4.95. The van der Waals surface area contributed by atoms with Crippen molar-refractivity contribution in [1.82, 2.24) is 5.32 Å². The lowest BCUT2D eigenvalue weighted by Crippen LogP contribution is -2.26. The molecule has 0 fully saturated rings. The lowest BCUT2D eigenvalue weighted by Gasteiger charge is -2.24. The van der Waals surface area contributed by atoms with Gasteiger partial charge in [-0.2, -0.15) is 0 Å². The number of hydrogen-bond acceptors (Lipinski definition) is 2. The van der Waals surface area contributed by atoms with Crippen LogP contribution in [0.1, 0.15) is 24.8 Å². The van der Waals surface area contributed by atoms with E-state index in [1.54, 1.807) is 0 Å². The van der Waals surface area contributed by atoms with Crippen molar-refractivity contribution in [2.75, 3.05) is 6.54 Å². The third-order valence-corrected chi connectivity index (χ3v) is 2.76. The van der Waals surface area contributed by atoms with Crippen LogP contribution in [0.25, 0.3) is 0 Å². The number of hydrogen-bond donors (Lipinski definition) is 2. The minimum atomic E-state index is 0.403. The highest BCUT2D eigenvalue weighted by Gasteiger charge is 2.19. The summed E-state index contributed by atoms with van der Waals surface area (Å²) in [6.45, 7) is 2.83. The molecule has 1 heterocycles. The normalized spacial score (nSPS) is 21.9. The number of benzene rings is 1. The summed E-state index contributed by atoms with van der Waals surface area (Å²) in [6, 6.07) is 10.3. The molecule has 14 heavy (non-hydrogen) atoms. The zero-order valence-corrected chi connectivity index (χ0v) is 8.33. The average Bonchev–Trinajstić information content (AvgIpc) is 2.23. The van der Waals surface area contributed by atoms with E-state index in [9.17, 15) is 5.11 Å². The van der Waals surface area contributed by atoms with Gasteiger partial charge in [-0.25, -0.2) is 0 Å². The van der Waals surface area contributed by atoms with Crippen molar-refractivity contribution >= 4 is 0 Å². The highest BCUT2D eigenvalue weighted by Crippen LogP contribution is 2.26. The van der Waals surface area contributed by atoms with E-state index < -0.39 is 0 Å². The molecule has 0 saturated carbocycles. The van der Waals surface area contributed by atoms with Crippen molar-refractivity contribution in [3.05, 3.63) is 47.4 Å². The topological polar surface area (TPSA) is 32.3 Å². The minimum absolute atomic E-state index is 0.403. The summed E-state index contributed by atoms with van der Waals surface area (Å²) in [5, 5.41) is 12.8. The van der Waals surface area contributed by atoms with Crippen molar-refractivity contribution in [2.24, 2.45) is 0 Å². The lowest BCUT2D eigenvalue weighted by molar-refractivity contribution is 0.342. The number of allylic oxidation sites excluding steroid dienone is 2. The Bertz CT molecular complexity index is 343. The van der Waals surface area contributed by atoms with Crippen LogP contribution in [-0.4, -0.2) is 11.7 Å². The van der Waals surface area contributed by atoms with Gasteiger partial charge in [0.2, 0.25) is 0 Å². The standard InChI is InChI=1S/C12H15NO/c1-9-12(14)7-11(8-13-9)10-5-3-2-4-6-10/h2-6,11,13-14H,7-8H2,1H3. The summed E-state index contributed by atoms with van der Waals surface area (Å²) in [7, 11) is 0. The van der Waals surface area contributed by atoms with E-state index in [0.29, 0.717) is 11.7 Å². The second-order valence-corrected chi connectivity index (χ2v) is 3.76. The van der Waals surface area contributed by atoms with E-state index >= 15 is 0 Å². The van der Waals surface area contributed by atoms with E-state index in [4.69, 9.17) is 0 Å². The first kappa shape index (κ1) is 9.13. The summed E-state index contributed by atoms with van der Waals surface area (Å²) in [4.78, 5) is 0. The fourth-order valence-electron chi connectivity index (χ4n) is 1.80. The van der Waals surface area contributed by atoms with Crippen molar-refractivity contribution in [3.63, 3.8) is 0 Å². The molecule has 2 rings (SSSR count). The van der Waals surface area contributed by atoms with Crippen LogP contribution in [0.2, 0.25) is 0 Å². The molecule has 0 spiro atoms. The Balaban J connectivity index is 2.17. The van der Waals surface area contributed by atoms with Gasteiger partial charge in [-0.3, -0.25) is 0 Å². The predicted octanol–water partition coefficient (Wildman–Crippen LogP) is 2.55. The van der Waals surface area contributed by atoms with Crippen molar-refractivity contribution in [1.29, 1.82) is 0 Å². The van der Waals surface area contributed by atoms with Crippen molar-refractivity contribution < 1.29 is 5.11 Å². The number of aliphatic hydroxyl groups is 1. The molecule has 0 radical (unpaired) electrons. The maximum absolute atomic E-state index is 9.63. The van der Waals surface area contributed by atoms with Crippen LogP contribution in [-0.2, 0) is 0 Å². The molecule has 0 amide bonds. The molecule has 0 aromatic heterocycles. The quantitative estimate of drug-likeness (QED) is 0.711. The van der Waals surface area contributed by atoms with E-state index in [1.165, 1.54) is 5.56 Å². The SMILES string of the molecule is CC1=C(O)CC(c2ccccc2)CN1. The van der Waals surface area contributed by atoms with Gasteiger partial charge in [0.1, 0.15) is 5.76 Å². The van der Waals surface area contributed by atoms with E-state index in [2.05, 4.69) is 17.4 Å². The average molecular weight is 189 g/mol. The van der Waals surface area contributed by atoms with E-state index in [0.717, 1.165) is 18.7 Å². The van der Waals surface area contributed by atoms with Gasteiger partial charge in [0.25, 0.3) is 0 Å². The smallest absolute Gasteiger partial charge is 0.111 e. The summed E-state index contributed by atoms with van der Waals surface area (Å²) in [5.41, 5.74) is 2.20. The zero-order valence-electron chi connectivity index (χ0n) is 8.33. The molecule has 0 saturated heterocycles. The summed E-state index contributed by atoms with van der Waals surface area (Å²) in [6.07, 6.45) is 0.753. The fourth-order valence-corrected chi connectivity index (χ4v) is 1.80. The van der Waals surface area contributed by atoms with Gasteiger partial charge in [0.15, 0.2) is 0 Å². The molecule has 1 aliphatic heterocycles. The molecule has 2 N–H and O–H groups in total. The fraction of sp³-hybridized carbons (Fsp3) is 0.333. The van der Waals surface area contributed by atoms with Crippen molar-refractivity contribution in [3.8, 4) is 0 Å². The first-order valence-corrected chi connectivity index (χ1v) is 4.95. The lowest BCUT2D eigenvalue weighted by atomic mass is 9.92. The van der Waals surface area contributed by atoms with Gasteiger partial charge in [-0.15, -0.1) is 0 Å². The third kappa shape index (κ3) is 1.74. The number of nitrogens with one attached hydrogen (secondary N) is 1. The molecule has 2 heteroatoms. The van der Waals surface area contributed by atoms with Gasteiger partial charge in [-0.1, -0.05) is 30.3 Å². The van der Waals surface area contributed by atoms with Gasteiger partial charge in [-0.05, 0) is 12.5 Å². The van der Waals surface area contributed by atoms with Gasteiger partial charge in [0.05, 0.1) is 0 Å². The second-order valence-electron chi connectivity index (χ2n) is 3.76. The third-order valence-electron chi connectivity index (χ3n) is 2.76. The van der Waals surface area contributed by atoms with Crippen LogP contribution in [0.15, 0.2) is 41.8 Å². The molecule has 1 unspecified atom stereocenters. The van der Waals surface area contributed by atoms with E-state index in [-0.39, 0.29) is 0 Å². The summed E-state index contributed by atoms with van der Waals surface area (Å²) < 4.78 is 0. The Kier molecular flexibility index (Phi) is 2.44. The molecule has 1 aromatic rings. The van der Waals surface area contributed by atoms with Crippen LogP contribution in [0, 0.1) is 0 Å². The monoisotopic (exact) mass is 189 g/mol. The second kappa shape index (κ2) is 3.74. The van der Waals surface area contributed by atoms with E-state index in [1.807, 2.05) is 25.1 Å². The highest BCUT2D eigenvalue weighted by atomic mass is 16.3. The van der Waals surface area contributed by atoms with Crippen LogP contribution in [0.4, 0.5) is 0 Å². The molecule has 1 atom stereocenters. The van der Waals surface area contributed by atoms with Gasteiger partial charge < -0.3 is 10.4 Å². The van der Waals surface area contributed by atoms with Gasteiger partial charge in [0, 0.05) is 24.6 Å². The van der Waals surface area contributed by atoms with Crippen LogP contribution in [0.5, 0.6) is 0 Å². The Labute approximate surface area is 84.3 Å². The Hall–Kier alpha value is -1.44. The van der Waals surface area contributed by atoms with Gasteiger partial charge >= 0.3 is 0 Å². The number of rotatable bonds is 1. The minimum Gasteiger partial charge on any atom is -0.511 e. The Morgan fingerprint density at radius 3 is 2.64 bits per heavy atom. The molecule has 0 bridgehead atoms. The molecule has 1 aliphatic rings. The Morgan fingerprint density at radius 2 is 2.00 bits per heavy atom. The van der Waals surface area contributed by atoms with Crippen LogP contribution < -0.4 is 5.32 Å². The molecule has 2 nitrogen and oxygen atoms in total. The maximum Gasteiger partial charge on any atom is 0.111 e. The first-order chi connectivity index (χ1) is 6.77. The zero-order chi connectivity index (χ0) is 9.97. The summed E-state index contributed by atoms with van der Waals surface area (Å²) >= 11 is 0. The summed E-state index contributed by atoms with van der Waals surface area (Å²) in [5.74, 6) is 0.894. The molecule has 0 aliphatic carbocycles. The van der Waals surface area contributed by atoms with Crippen LogP contribution in [0.3, 0.4) is 0 Å². The number of aliphatic hydroxyl groups excluding tert-OH is 1. The largest absolute Gasteiger partial charge is 0.511 e. The molecular weight excluding hydrogens is 174 g/mol. The van der Waals surface area contributed by atoms with Crippen LogP contribution >= 0.6 is 0 Å². The molecule has 1 aromatic carbocycles. The Morgan fingerprint density at radius 1 is 1.29 bits per heavy atom. The van der Waals surface area contributed by atoms with Crippen molar-refractivity contribution in [2.45, 2.75) is 19.3 Å². The highest BCUT2D eigenvalue weighted by molar-refractivity contribution is 5.24.